The van der Waals surface area contributed by atoms with Gasteiger partial charge in [-0.15, -0.1) is 0 Å². The summed E-state index contributed by atoms with van der Waals surface area (Å²) in [5, 5.41) is 16.0. The maximum absolute atomic E-state index is 11.2. The number of rotatable bonds is 7. The van der Waals surface area contributed by atoms with Gasteiger partial charge >= 0.3 is 0 Å². The molecule has 0 fully saturated rings. The van der Waals surface area contributed by atoms with Crippen molar-refractivity contribution in [2.75, 3.05) is 26.0 Å². The number of nitrogens with zero attached hydrogens (tertiary/aromatic N) is 3. The number of nitrogens with one attached hydrogen (secondary N) is 1. The zero-order valence-electron chi connectivity index (χ0n) is 14.1. The number of hydrogen-bond donors (Lipinski definition) is 1. The largest absolute Gasteiger partial charge is 0.383 e. The first-order valence-electron chi connectivity index (χ1n) is 7.81. The van der Waals surface area contributed by atoms with Crippen molar-refractivity contribution in [1.82, 2.24) is 9.88 Å². The van der Waals surface area contributed by atoms with E-state index in [1.54, 1.807) is 24.5 Å². The van der Waals surface area contributed by atoms with E-state index in [0.29, 0.717) is 17.3 Å². The Labute approximate surface area is 136 Å². The summed E-state index contributed by atoms with van der Waals surface area (Å²) in [4.78, 5) is 17.0. The smallest absolute Gasteiger partial charge is 0.278 e. The fourth-order valence-corrected chi connectivity index (χ4v) is 2.74. The molecule has 23 heavy (non-hydrogen) atoms. The number of hydrogen-bond acceptors (Lipinski definition) is 5. The second-order valence-corrected chi connectivity index (χ2v) is 6.44. The Morgan fingerprint density at radius 3 is 2.61 bits per heavy atom. The quantitative estimate of drug-likeness (QED) is 0.625. The molecule has 6 nitrogen and oxygen atoms in total. The Kier molecular flexibility index (Phi) is 5.50. The van der Waals surface area contributed by atoms with Gasteiger partial charge in [-0.05, 0) is 38.6 Å². The molecule has 0 saturated heterocycles. The number of anilines is 1. The summed E-state index contributed by atoms with van der Waals surface area (Å²) in [6.07, 6.45) is 4.30. The third-order valence-corrected chi connectivity index (χ3v) is 3.99. The molecular weight excluding hydrogens is 292 g/mol. The molecule has 1 aromatic heterocycles. The van der Waals surface area contributed by atoms with Crippen LogP contribution in [-0.2, 0) is 0 Å². The number of aromatic nitrogens is 1. The van der Waals surface area contributed by atoms with Gasteiger partial charge in [0, 0.05) is 42.1 Å². The number of pyridine rings is 1. The Morgan fingerprint density at radius 1 is 1.26 bits per heavy atom. The van der Waals surface area contributed by atoms with E-state index >= 15 is 0 Å². The van der Waals surface area contributed by atoms with E-state index in [0.717, 1.165) is 24.0 Å². The molecule has 0 amide bonds. The highest BCUT2D eigenvalue weighted by atomic mass is 16.6. The lowest BCUT2D eigenvalue weighted by molar-refractivity contribution is -0.383. The lowest BCUT2D eigenvalue weighted by Gasteiger charge is -2.27. The molecule has 0 saturated carbocycles. The van der Waals surface area contributed by atoms with Crippen LogP contribution in [0.15, 0.2) is 30.6 Å². The molecule has 0 aliphatic rings. The first kappa shape index (κ1) is 17.1. The Morgan fingerprint density at radius 2 is 2.00 bits per heavy atom. The van der Waals surface area contributed by atoms with E-state index < -0.39 is 0 Å². The van der Waals surface area contributed by atoms with Crippen molar-refractivity contribution < 1.29 is 4.92 Å². The van der Waals surface area contributed by atoms with Crippen molar-refractivity contribution in [2.24, 2.45) is 5.92 Å². The van der Waals surface area contributed by atoms with Crippen LogP contribution in [0.1, 0.15) is 20.3 Å². The first-order valence-corrected chi connectivity index (χ1v) is 7.81. The molecule has 0 aliphatic heterocycles. The molecule has 1 atom stereocenters. The van der Waals surface area contributed by atoms with Gasteiger partial charge in [0.05, 0.1) is 10.3 Å². The molecule has 0 unspecified atom stereocenters. The zero-order chi connectivity index (χ0) is 17.0. The van der Waals surface area contributed by atoms with Crippen molar-refractivity contribution in [3.05, 3.63) is 40.7 Å². The summed E-state index contributed by atoms with van der Waals surface area (Å²) in [6.45, 7) is 5.22. The van der Waals surface area contributed by atoms with Gasteiger partial charge in [-0.1, -0.05) is 13.8 Å². The predicted molar refractivity (Wildman–Crippen MR) is 93.8 cm³/mol. The van der Waals surface area contributed by atoms with Crippen molar-refractivity contribution in [1.29, 1.82) is 0 Å². The number of nitro benzene ring substituents is 1. The number of benzene rings is 1. The van der Waals surface area contributed by atoms with Gasteiger partial charge in [-0.2, -0.15) is 0 Å². The van der Waals surface area contributed by atoms with Crippen LogP contribution in [0, 0.1) is 16.0 Å². The van der Waals surface area contributed by atoms with E-state index in [4.69, 9.17) is 0 Å². The van der Waals surface area contributed by atoms with E-state index in [2.05, 4.69) is 43.1 Å². The minimum atomic E-state index is -0.366. The van der Waals surface area contributed by atoms with Crippen LogP contribution in [-0.4, -0.2) is 41.5 Å². The fourth-order valence-electron chi connectivity index (χ4n) is 2.74. The molecule has 2 aromatic rings. The standard InChI is InChI=1S/C17H24N4O2/c1-12(2)9-13(20(3)4)10-19-16-5-6-17(21(22)23)15-11-18-8-7-14(15)16/h5-8,11-13,19H,9-10H2,1-4H3/t13-/m0/s1. The Balaban J connectivity index is 2.27. The van der Waals surface area contributed by atoms with Crippen LogP contribution >= 0.6 is 0 Å². The summed E-state index contributed by atoms with van der Waals surface area (Å²) < 4.78 is 0. The topological polar surface area (TPSA) is 71.3 Å². The SMILES string of the molecule is CC(C)C[C@@H](CNc1ccc([N+](=O)[O-])c2cnccc12)N(C)C. The van der Waals surface area contributed by atoms with Crippen LogP contribution < -0.4 is 5.32 Å². The highest BCUT2D eigenvalue weighted by Crippen LogP contribution is 2.30. The third kappa shape index (κ3) is 4.16. The zero-order valence-corrected chi connectivity index (χ0v) is 14.1. The summed E-state index contributed by atoms with van der Waals surface area (Å²) in [7, 11) is 4.15. The first-order chi connectivity index (χ1) is 10.9. The molecule has 1 aromatic carbocycles. The monoisotopic (exact) mass is 316 g/mol. The van der Waals surface area contributed by atoms with Gasteiger partial charge < -0.3 is 10.2 Å². The van der Waals surface area contributed by atoms with Gasteiger partial charge in [0.15, 0.2) is 0 Å². The van der Waals surface area contributed by atoms with E-state index in [1.165, 1.54) is 0 Å². The molecule has 1 heterocycles. The average Bonchev–Trinajstić information content (AvgIpc) is 2.50. The van der Waals surface area contributed by atoms with Gasteiger partial charge in [-0.3, -0.25) is 15.1 Å². The summed E-state index contributed by atoms with van der Waals surface area (Å²) >= 11 is 0. The molecule has 124 valence electrons. The third-order valence-electron chi connectivity index (χ3n) is 3.99. The molecule has 0 spiro atoms. The highest BCUT2D eigenvalue weighted by Gasteiger charge is 2.16. The van der Waals surface area contributed by atoms with E-state index in [9.17, 15) is 10.1 Å². The van der Waals surface area contributed by atoms with Crippen LogP contribution in [0.4, 0.5) is 11.4 Å². The lowest BCUT2D eigenvalue weighted by atomic mass is 10.0. The van der Waals surface area contributed by atoms with Crippen molar-refractivity contribution >= 4 is 22.1 Å². The van der Waals surface area contributed by atoms with Crippen LogP contribution in [0.25, 0.3) is 10.8 Å². The average molecular weight is 316 g/mol. The Hall–Kier alpha value is -2.21. The second kappa shape index (κ2) is 7.37. The maximum Gasteiger partial charge on any atom is 0.278 e. The number of non-ortho nitro benzene ring substituents is 1. The molecule has 1 N–H and O–H groups in total. The van der Waals surface area contributed by atoms with Crippen LogP contribution in [0.5, 0.6) is 0 Å². The van der Waals surface area contributed by atoms with E-state index in [1.807, 2.05) is 6.07 Å². The molecule has 6 heteroatoms. The minimum Gasteiger partial charge on any atom is -0.383 e. The van der Waals surface area contributed by atoms with Crippen molar-refractivity contribution in [3.63, 3.8) is 0 Å². The maximum atomic E-state index is 11.2. The predicted octanol–water partition coefficient (Wildman–Crippen LogP) is 3.53. The van der Waals surface area contributed by atoms with Crippen LogP contribution in [0.2, 0.25) is 0 Å². The van der Waals surface area contributed by atoms with Crippen molar-refractivity contribution in [2.45, 2.75) is 26.3 Å². The molecule has 2 rings (SSSR count). The van der Waals surface area contributed by atoms with Crippen LogP contribution in [0.3, 0.4) is 0 Å². The minimum absolute atomic E-state index is 0.0880. The molecule has 0 bridgehead atoms. The summed E-state index contributed by atoms with van der Waals surface area (Å²) in [5.74, 6) is 0.613. The summed E-state index contributed by atoms with van der Waals surface area (Å²) in [5.41, 5.74) is 0.994. The number of likely N-dealkylation sites (N-methyl/N-ethyl adjacent to an activating group) is 1. The molecule has 0 radical (unpaired) electrons. The highest BCUT2D eigenvalue weighted by molar-refractivity contribution is 5.99. The summed E-state index contributed by atoms with van der Waals surface area (Å²) in [6, 6.07) is 5.54. The molecule has 0 aliphatic carbocycles. The van der Waals surface area contributed by atoms with E-state index in [-0.39, 0.29) is 10.6 Å². The molecular formula is C17H24N4O2. The lowest BCUT2D eigenvalue weighted by Crippen LogP contribution is -2.35. The van der Waals surface area contributed by atoms with Crippen molar-refractivity contribution in [3.8, 4) is 0 Å². The number of fused-ring (bicyclic) bond motifs is 1. The normalized spacial score (nSPS) is 12.8. The van der Waals surface area contributed by atoms with Gasteiger partial charge in [0.1, 0.15) is 0 Å². The second-order valence-electron chi connectivity index (χ2n) is 6.44. The van der Waals surface area contributed by atoms with Gasteiger partial charge in [0.2, 0.25) is 0 Å². The Bertz CT molecular complexity index is 685. The van der Waals surface area contributed by atoms with Gasteiger partial charge in [0.25, 0.3) is 5.69 Å². The van der Waals surface area contributed by atoms with Gasteiger partial charge in [-0.25, -0.2) is 0 Å². The number of nitro groups is 1. The fraction of sp³-hybridized carbons (Fsp3) is 0.471.